The Morgan fingerprint density at radius 3 is 2.53 bits per heavy atom. The number of nitrogens with zero attached hydrogens (tertiary/aromatic N) is 1. The summed E-state index contributed by atoms with van der Waals surface area (Å²) in [5.41, 5.74) is 0.226. The predicted molar refractivity (Wildman–Crippen MR) is 76.0 cm³/mol. The van der Waals surface area contributed by atoms with Gasteiger partial charge in [0.15, 0.2) is 0 Å². The number of thiophene rings is 1. The van der Waals surface area contributed by atoms with Gasteiger partial charge >= 0.3 is 0 Å². The van der Waals surface area contributed by atoms with E-state index in [2.05, 4.69) is 43.2 Å². The fraction of sp³-hybridized carbons (Fsp3) is 0.462. The maximum absolute atomic E-state index is 4.40. The van der Waals surface area contributed by atoms with Crippen LogP contribution in [0.25, 0.3) is 0 Å². The van der Waals surface area contributed by atoms with Gasteiger partial charge in [0.2, 0.25) is 0 Å². The van der Waals surface area contributed by atoms with Gasteiger partial charge in [0.25, 0.3) is 0 Å². The SMILES string of the molecule is CNC(c1ccc(C(C)(C)C)s1)c1nccs1. The Hall–Kier alpha value is -0.710. The molecule has 17 heavy (non-hydrogen) atoms. The number of aromatic nitrogens is 1. The standard InChI is InChI=1S/C13H18N2S2/c1-13(2,3)10-6-5-9(17-10)11(14-4)12-15-7-8-16-12/h5-8,11,14H,1-4H3. The van der Waals surface area contributed by atoms with Gasteiger partial charge in [0.05, 0.1) is 6.04 Å². The van der Waals surface area contributed by atoms with Crippen LogP contribution in [0.1, 0.15) is 41.6 Å². The Morgan fingerprint density at radius 2 is 2.06 bits per heavy atom. The molecule has 0 spiro atoms. The molecule has 0 bridgehead atoms. The van der Waals surface area contributed by atoms with E-state index in [1.54, 1.807) is 11.3 Å². The van der Waals surface area contributed by atoms with Crippen molar-refractivity contribution in [2.45, 2.75) is 32.2 Å². The average molecular weight is 266 g/mol. The Balaban J connectivity index is 2.30. The van der Waals surface area contributed by atoms with Gasteiger partial charge in [0, 0.05) is 21.3 Å². The molecule has 1 N–H and O–H groups in total. The van der Waals surface area contributed by atoms with Gasteiger partial charge in [-0.2, -0.15) is 0 Å². The zero-order valence-corrected chi connectivity index (χ0v) is 12.3. The Morgan fingerprint density at radius 1 is 1.29 bits per heavy atom. The molecule has 0 fully saturated rings. The smallest absolute Gasteiger partial charge is 0.115 e. The largest absolute Gasteiger partial charge is 0.307 e. The summed E-state index contributed by atoms with van der Waals surface area (Å²) in [6, 6.07) is 4.68. The fourth-order valence-corrected chi connectivity index (χ4v) is 3.69. The first-order valence-corrected chi connectivity index (χ1v) is 7.39. The Kier molecular flexibility index (Phi) is 3.66. The monoisotopic (exact) mass is 266 g/mol. The van der Waals surface area contributed by atoms with Gasteiger partial charge in [-0.1, -0.05) is 20.8 Å². The van der Waals surface area contributed by atoms with Crippen molar-refractivity contribution < 1.29 is 0 Å². The summed E-state index contributed by atoms with van der Waals surface area (Å²) in [5.74, 6) is 0. The van der Waals surface area contributed by atoms with E-state index >= 15 is 0 Å². The molecule has 0 aliphatic rings. The number of rotatable bonds is 3. The van der Waals surface area contributed by atoms with E-state index in [1.807, 2.05) is 30.0 Å². The maximum Gasteiger partial charge on any atom is 0.115 e. The van der Waals surface area contributed by atoms with Crippen LogP contribution in [0.15, 0.2) is 23.7 Å². The van der Waals surface area contributed by atoms with Crippen molar-refractivity contribution in [2.24, 2.45) is 0 Å². The summed E-state index contributed by atoms with van der Waals surface area (Å²) in [7, 11) is 1.99. The fourth-order valence-electron chi connectivity index (χ4n) is 1.68. The number of hydrogen-bond acceptors (Lipinski definition) is 4. The Bertz CT molecular complexity index is 466. The van der Waals surface area contributed by atoms with E-state index in [4.69, 9.17) is 0 Å². The van der Waals surface area contributed by atoms with Crippen molar-refractivity contribution in [3.8, 4) is 0 Å². The van der Waals surface area contributed by atoms with Gasteiger partial charge in [-0.25, -0.2) is 4.98 Å². The topological polar surface area (TPSA) is 24.9 Å². The second kappa shape index (κ2) is 4.88. The van der Waals surface area contributed by atoms with E-state index in [9.17, 15) is 0 Å². The maximum atomic E-state index is 4.40. The van der Waals surface area contributed by atoms with Crippen LogP contribution >= 0.6 is 22.7 Å². The second-order valence-corrected chi connectivity index (χ2v) is 7.09. The number of hydrogen-bond donors (Lipinski definition) is 1. The van der Waals surface area contributed by atoms with Gasteiger partial charge in [-0.3, -0.25) is 0 Å². The molecule has 0 aromatic carbocycles. The lowest BCUT2D eigenvalue weighted by molar-refractivity contribution is 0.604. The molecule has 0 saturated heterocycles. The normalized spacial score (nSPS) is 13.9. The zero-order chi connectivity index (χ0) is 12.5. The van der Waals surface area contributed by atoms with Gasteiger partial charge in [-0.15, -0.1) is 22.7 Å². The highest BCUT2D eigenvalue weighted by molar-refractivity contribution is 7.13. The first-order valence-electron chi connectivity index (χ1n) is 5.69. The van der Waals surface area contributed by atoms with Gasteiger partial charge in [-0.05, 0) is 24.6 Å². The summed E-state index contributed by atoms with van der Waals surface area (Å²) < 4.78 is 0. The van der Waals surface area contributed by atoms with Crippen molar-refractivity contribution in [3.63, 3.8) is 0 Å². The summed E-state index contributed by atoms with van der Waals surface area (Å²) in [6.07, 6.45) is 1.86. The molecule has 2 heterocycles. The summed E-state index contributed by atoms with van der Waals surface area (Å²) in [5, 5.41) is 6.50. The lowest BCUT2D eigenvalue weighted by atomic mass is 9.95. The molecule has 1 atom stereocenters. The minimum Gasteiger partial charge on any atom is -0.307 e. The Labute approximate surface area is 111 Å². The summed E-state index contributed by atoms with van der Waals surface area (Å²) in [4.78, 5) is 7.16. The molecule has 2 rings (SSSR count). The highest BCUT2D eigenvalue weighted by Crippen LogP contribution is 2.34. The first-order chi connectivity index (χ1) is 8.02. The first kappa shape index (κ1) is 12.7. The molecule has 0 amide bonds. The van der Waals surface area contributed by atoms with Crippen LogP contribution in [0.4, 0.5) is 0 Å². The van der Waals surface area contributed by atoms with Crippen LogP contribution in [0, 0.1) is 0 Å². The lowest BCUT2D eigenvalue weighted by Crippen LogP contribution is -2.16. The molecule has 2 aromatic rings. The number of thiazole rings is 1. The molecule has 4 heteroatoms. The molecule has 0 radical (unpaired) electrons. The van der Waals surface area contributed by atoms with Crippen LogP contribution in [-0.2, 0) is 5.41 Å². The third-order valence-corrected chi connectivity index (χ3v) is 5.05. The van der Waals surface area contributed by atoms with Gasteiger partial charge in [0.1, 0.15) is 5.01 Å². The molecule has 0 aliphatic carbocycles. The molecule has 92 valence electrons. The summed E-state index contributed by atoms with van der Waals surface area (Å²) >= 11 is 3.58. The van der Waals surface area contributed by atoms with Crippen molar-refractivity contribution in [3.05, 3.63) is 38.5 Å². The second-order valence-electron chi connectivity index (χ2n) is 5.04. The highest BCUT2D eigenvalue weighted by Gasteiger charge is 2.21. The van der Waals surface area contributed by atoms with Crippen LogP contribution in [0.5, 0.6) is 0 Å². The number of nitrogens with one attached hydrogen (secondary N) is 1. The van der Waals surface area contributed by atoms with Crippen molar-refractivity contribution >= 4 is 22.7 Å². The molecule has 0 aliphatic heterocycles. The third kappa shape index (κ3) is 2.76. The van der Waals surface area contributed by atoms with Crippen molar-refractivity contribution in [2.75, 3.05) is 7.05 Å². The molecule has 0 saturated carbocycles. The van der Waals surface area contributed by atoms with Gasteiger partial charge < -0.3 is 5.32 Å². The predicted octanol–water partition coefficient (Wildman–Crippen LogP) is 3.81. The lowest BCUT2D eigenvalue weighted by Gasteiger charge is -2.16. The van der Waals surface area contributed by atoms with Crippen molar-refractivity contribution in [1.82, 2.24) is 10.3 Å². The average Bonchev–Trinajstić information content (AvgIpc) is 2.87. The molecule has 1 unspecified atom stereocenters. The minimum atomic E-state index is 0.226. The van der Waals surface area contributed by atoms with E-state index in [-0.39, 0.29) is 11.5 Å². The van der Waals surface area contributed by atoms with E-state index < -0.39 is 0 Å². The van der Waals surface area contributed by atoms with Crippen LogP contribution < -0.4 is 5.32 Å². The van der Waals surface area contributed by atoms with Crippen LogP contribution in [0.3, 0.4) is 0 Å². The molecular formula is C13H18N2S2. The van der Waals surface area contributed by atoms with E-state index in [0.29, 0.717) is 0 Å². The van der Waals surface area contributed by atoms with Crippen molar-refractivity contribution in [1.29, 1.82) is 0 Å². The molecule has 2 aromatic heterocycles. The van der Waals surface area contributed by atoms with Crippen LogP contribution in [0.2, 0.25) is 0 Å². The highest BCUT2D eigenvalue weighted by atomic mass is 32.1. The third-order valence-electron chi connectivity index (χ3n) is 2.64. The molecular weight excluding hydrogens is 248 g/mol. The van der Waals surface area contributed by atoms with E-state index in [1.165, 1.54) is 9.75 Å². The zero-order valence-electron chi connectivity index (χ0n) is 10.7. The minimum absolute atomic E-state index is 0.226. The summed E-state index contributed by atoms with van der Waals surface area (Å²) in [6.45, 7) is 6.75. The van der Waals surface area contributed by atoms with Crippen LogP contribution in [-0.4, -0.2) is 12.0 Å². The quantitative estimate of drug-likeness (QED) is 0.913. The molecule has 2 nitrogen and oxygen atoms in total. The van der Waals surface area contributed by atoms with E-state index in [0.717, 1.165) is 5.01 Å².